The van der Waals surface area contributed by atoms with Crippen LogP contribution in [0.25, 0.3) is 0 Å². The van der Waals surface area contributed by atoms with Crippen LogP contribution < -0.4 is 5.32 Å². The molecule has 4 heterocycles. The van der Waals surface area contributed by atoms with E-state index in [1.165, 1.54) is 12.8 Å². The lowest BCUT2D eigenvalue weighted by Gasteiger charge is -2.40. The molecular weight excluding hydrogens is 714 g/mol. The van der Waals surface area contributed by atoms with Gasteiger partial charge in [0.1, 0.15) is 0 Å². The van der Waals surface area contributed by atoms with Crippen LogP contribution in [-0.2, 0) is 22.4 Å². The standard InChI is InChI=1S/C35H45Br2N5O4/c1-39-13-6-25(7-14-39)26-8-15-40(16-9-26)33(43)32(22-24-20-28(36)23-29(37)21-24)46-35(45)41-17-11-30(12-18-41)42-19-10-27-4-2-3-5-31(27)38-34(42)44/h2-5,20-21,23,25-26,30,32H,6-19,22H2,1H3,(H,38,44)/t32-/m1/s1. The number of urea groups is 1. The number of nitrogens with zero attached hydrogens (tertiary/aromatic N) is 4. The second-order valence-corrected chi connectivity index (χ2v) is 15.2. The number of halogens is 2. The third-order valence-corrected chi connectivity index (χ3v) is 11.4. The molecule has 0 saturated carbocycles. The maximum absolute atomic E-state index is 14.0. The SMILES string of the molecule is CN1CCC(C2CCN(C(=O)[C@@H](Cc3cc(Br)cc(Br)c3)OC(=O)N3CCC(N4CCc5ccccc5NC4=O)CC3)CC2)CC1. The van der Waals surface area contributed by atoms with E-state index in [-0.39, 0.29) is 18.0 Å². The summed E-state index contributed by atoms with van der Waals surface area (Å²) in [5, 5.41) is 3.06. The molecule has 4 aliphatic rings. The first-order valence-corrected chi connectivity index (χ1v) is 18.4. The van der Waals surface area contributed by atoms with E-state index in [0.717, 1.165) is 64.0 Å². The molecule has 6 rings (SSSR count). The molecule has 4 amide bonds. The van der Waals surface area contributed by atoms with Crippen molar-refractivity contribution in [3.05, 3.63) is 62.5 Å². The summed E-state index contributed by atoms with van der Waals surface area (Å²) in [5.41, 5.74) is 2.93. The average molecular weight is 760 g/mol. The van der Waals surface area contributed by atoms with Crippen molar-refractivity contribution >= 4 is 55.6 Å². The Morgan fingerprint density at radius 1 is 0.848 bits per heavy atom. The fourth-order valence-corrected chi connectivity index (χ4v) is 9.10. The normalized spacial score (nSPS) is 21.4. The predicted octanol–water partition coefficient (Wildman–Crippen LogP) is 6.39. The number of ether oxygens (including phenoxy) is 1. The second kappa shape index (κ2) is 15.1. The number of amides is 4. The zero-order valence-corrected chi connectivity index (χ0v) is 29.8. The molecule has 0 aliphatic carbocycles. The molecule has 11 heteroatoms. The third-order valence-electron chi connectivity index (χ3n) is 10.4. The molecule has 1 N–H and O–H groups in total. The van der Waals surface area contributed by atoms with E-state index in [0.29, 0.717) is 57.9 Å². The number of rotatable bonds is 6. The van der Waals surface area contributed by atoms with Crippen molar-refractivity contribution in [3.8, 4) is 0 Å². The average Bonchev–Trinajstić information content (AvgIpc) is 3.22. The van der Waals surface area contributed by atoms with Gasteiger partial charge in [-0.05, 0) is 112 Å². The highest BCUT2D eigenvalue weighted by Crippen LogP contribution is 2.33. The monoisotopic (exact) mass is 757 g/mol. The Bertz CT molecular complexity index is 1380. The molecule has 46 heavy (non-hydrogen) atoms. The molecule has 1 atom stereocenters. The van der Waals surface area contributed by atoms with Gasteiger partial charge in [0.25, 0.3) is 5.91 Å². The second-order valence-electron chi connectivity index (χ2n) is 13.4. The van der Waals surface area contributed by atoms with Gasteiger partial charge in [0.15, 0.2) is 6.10 Å². The number of anilines is 1. The van der Waals surface area contributed by atoms with Crippen LogP contribution in [0.5, 0.6) is 0 Å². The molecule has 2 aromatic rings. The Labute approximate surface area is 289 Å². The maximum Gasteiger partial charge on any atom is 0.410 e. The van der Waals surface area contributed by atoms with Crippen molar-refractivity contribution in [2.75, 3.05) is 58.2 Å². The van der Waals surface area contributed by atoms with E-state index in [2.05, 4.69) is 55.2 Å². The van der Waals surface area contributed by atoms with Crippen LogP contribution in [0.4, 0.5) is 15.3 Å². The molecule has 0 bridgehead atoms. The van der Waals surface area contributed by atoms with Crippen molar-refractivity contribution in [1.82, 2.24) is 19.6 Å². The van der Waals surface area contributed by atoms with Gasteiger partial charge in [0.05, 0.1) is 0 Å². The number of nitrogens with one attached hydrogen (secondary N) is 1. The van der Waals surface area contributed by atoms with Gasteiger partial charge in [0.2, 0.25) is 0 Å². The number of carbonyl (C=O) groups excluding carboxylic acids is 3. The zero-order valence-electron chi connectivity index (χ0n) is 26.6. The number of carbonyl (C=O) groups is 3. The summed E-state index contributed by atoms with van der Waals surface area (Å²) >= 11 is 7.11. The summed E-state index contributed by atoms with van der Waals surface area (Å²) in [6.45, 7) is 5.32. The van der Waals surface area contributed by atoms with Crippen LogP contribution >= 0.6 is 31.9 Å². The molecule has 0 aromatic heterocycles. The van der Waals surface area contributed by atoms with E-state index in [1.807, 2.05) is 46.2 Å². The van der Waals surface area contributed by atoms with Crippen molar-refractivity contribution < 1.29 is 19.1 Å². The van der Waals surface area contributed by atoms with E-state index < -0.39 is 12.2 Å². The van der Waals surface area contributed by atoms with Gasteiger partial charge in [-0.15, -0.1) is 0 Å². The third kappa shape index (κ3) is 8.08. The van der Waals surface area contributed by atoms with E-state index >= 15 is 0 Å². The van der Waals surface area contributed by atoms with Crippen LogP contribution in [0.3, 0.4) is 0 Å². The highest BCUT2D eigenvalue weighted by atomic mass is 79.9. The number of para-hydroxylation sites is 1. The Morgan fingerprint density at radius 3 is 2.13 bits per heavy atom. The molecule has 4 aliphatic heterocycles. The molecule has 0 spiro atoms. The van der Waals surface area contributed by atoms with Gasteiger partial charge in [-0.25, -0.2) is 9.59 Å². The molecule has 0 radical (unpaired) electrons. The lowest BCUT2D eigenvalue weighted by atomic mass is 9.79. The summed E-state index contributed by atoms with van der Waals surface area (Å²) in [6, 6.07) is 13.8. The van der Waals surface area contributed by atoms with Crippen LogP contribution in [0, 0.1) is 11.8 Å². The van der Waals surface area contributed by atoms with Crippen LogP contribution in [0.1, 0.15) is 49.7 Å². The number of benzene rings is 2. The van der Waals surface area contributed by atoms with Crippen LogP contribution in [0.2, 0.25) is 0 Å². The van der Waals surface area contributed by atoms with Crippen LogP contribution in [-0.4, -0.2) is 103 Å². The number of likely N-dealkylation sites (tertiary alicyclic amines) is 3. The van der Waals surface area contributed by atoms with Gasteiger partial charge in [-0.1, -0.05) is 50.1 Å². The quantitative estimate of drug-likeness (QED) is 0.369. The van der Waals surface area contributed by atoms with Crippen LogP contribution in [0.15, 0.2) is 51.4 Å². The smallest absolute Gasteiger partial charge is 0.410 e. The lowest BCUT2D eigenvalue weighted by Crippen LogP contribution is -2.52. The zero-order chi connectivity index (χ0) is 32.2. The Balaban J connectivity index is 1.07. The van der Waals surface area contributed by atoms with Gasteiger partial charge < -0.3 is 29.7 Å². The molecule has 0 unspecified atom stereocenters. The van der Waals surface area contributed by atoms with Crippen molar-refractivity contribution in [2.45, 2.75) is 63.5 Å². The first kappa shape index (κ1) is 33.3. The first-order valence-electron chi connectivity index (χ1n) is 16.8. The summed E-state index contributed by atoms with van der Waals surface area (Å²) < 4.78 is 7.87. The lowest BCUT2D eigenvalue weighted by molar-refractivity contribution is -0.142. The van der Waals surface area contributed by atoms with Crippen molar-refractivity contribution in [1.29, 1.82) is 0 Å². The summed E-state index contributed by atoms with van der Waals surface area (Å²) in [5.74, 6) is 1.28. The number of fused-ring (bicyclic) bond motifs is 1. The minimum Gasteiger partial charge on any atom is -0.436 e. The van der Waals surface area contributed by atoms with Gasteiger partial charge in [-0.3, -0.25) is 4.79 Å². The van der Waals surface area contributed by atoms with E-state index in [4.69, 9.17) is 4.74 Å². The minimum atomic E-state index is -0.902. The predicted molar refractivity (Wildman–Crippen MR) is 186 cm³/mol. The fourth-order valence-electron chi connectivity index (χ4n) is 7.71. The molecule has 2 aromatic carbocycles. The molecular formula is C35H45Br2N5O4. The van der Waals surface area contributed by atoms with Crippen molar-refractivity contribution in [2.24, 2.45) is 11.8 Å². The number of hydrogen-bond acceptors (Lipinski definition) is 5. The summed E-state index contributed by atoms with van der Waals surface area (Å²) in [7, 11) is 2.19. The highest BCUT2D eigenvalue weighted by molar-refractivity contribution is 9.11. The van der Waals surface area contributed by atoms with Gasteiger partial charge in [0, 0.05) is 59.8 Å². The Morgan fingerprint density at radius 2 is 1.46 bits per heavy atom. The number of piperidine rings is 3. The molecule has 9 nitrogen and oxygen atoms in total. The van der Waals surface area contributed by atoms with E-state index in [1.54, 1.807) is 4.90 Å². The Hall–Kier alpha value is -2.63. The van der Waals surface area contributed by atoms with E-state index in [9.17, 15) is 14.4 Å². The van der Waals surface area contributed by atoms with Gasteiger partial charge >= 0.3 is 12.1 Å². The topological polar surface area (TPSA) is 85.4 Å². The molecule has 3 saturated heterocycles. The summed E-state index contributed by atoms with van der Waals surface area (Å²) in [6.07, 6.45) is 5.56. The minimum absolute atomic E-state index is 0.0423. The maximum atomic E-state index is 14.0. The molecule has 248 valence electrons. The molecule has 3 fully saturated rings. The first-order chi connectivity index (χ1) is 22.2. The summed E-state index contributed by atoms with van der Waals surface area (Å²) in [4.78, 5) is 48.6. The Kier molecular flexibility index (Phi) is 10.9. The number of hydrogen-bond donors (Lipinski definition) is 1. The van der Waals surface area contributed by atoms with Gasteiger partial charge in [-0.2, -0.15) is 0 Å². The van der Waals surface area contributed by atoms with Crippen molar-refractivity contribution in [3.63, 3.8) is 0 Å². The largest absolute Gasteiger partial charge is 0.436 e. The highest BCUT2D eigenvalue weighted by Gasteiger charge is 2.37. The fraction of sp³-hybridized carbons (Fsp3) is 0.571.